The van der Waals surface area contributed by atoms with Gasteiger partial charge in [-0.05, 0) is 43.2 Å². The molecule has 30 heavy (non-hydrogen) atoms. The normalized spacial score (nSPS) is 19.0. The molecule has 0 aliphatic carbocycles. The van der Waals surface area contributed by atoms with E-state index < -0.39 is 0 Å². The van der Waals surface area contributed by atoms with Crippen molar-refractivity contribution >= 4 is 22.6 Å². The Morgan fingerprint density at radius 2 is 2.17 bits per heavy atom. The lowest BCUT2D eigenvalue weighted by Crippen LogP contribution is -2.38. The molecule has 1 fully saturated rings. The van der Waals surface area contributed by atoms with Crippen LogP contribution in [-0.4, -0.2) is 53.3 Å². The van der Waals surface area contributed by atoms with Crippen molar-refractivity contribution in [2.45, 2.75) is 32.0 Å². The minimum Gasteiger partial charge on any atom is -0.496 e. The number of nitrogens with one attached hydrogen (secondary N) is 1. The highest BCUT2D eigenvalue weighted by molar-refractivity contribution is 6.06. The Hall–Kier alpha value is -2.90. The standard InChI is InChI=1S/C23H26N4O3/c1-29-21-7-3-2-6-18(21)23(28)24-16-8-9-20-19(13-16)25-22-15-26(10-11-27(20)22)14-17-5-4-12-30-17/h2-3,6-9,13,17H,4-5,10-12,14-15H2,1H3,(H,24,28). The summed E-state index contributed by atoms with van der Waals surface area (Å²) in [6, 6.07) is 13.1. The van der Waals surface area contributed by atoms with Gasteiger partial charge in [-0.1, -0.05) is 12.1 Å². The van der Waals surface area contributed by atoms with Gasteiger partial charge in [-0.25, -0.2) is 4.98 Å². The minimum atomic E-state index is -0.196. The molecule has 7 nitrogen and oxygen atoms in total. The number of rotatable bonds is 5. The Morgan fingerprint density at radius 1 is 1.27 bits per heavy atom. The third-order valence-electron chi connectivity index (χ3n) is 5.93. The topological polar surface area (TPSA) is 68.6 Å². The number of para-hydroxylation sites is 1. The number of imidazole rings is 1. The summed E-state index contributed by atoms with van der Waals surface area (Å²) in [5.41, 5.74) is 3.25. The van der Waals surface area contributed by atoms with Crippen molar-refractivity contribution in [3.63, 3.8) is 0 Å². The quantitative estimate of drug-likeness (QED) is 0.704. The van der Waals surface area contributed by atoms with Crippen LogP contribution in [-0.2, 0) is 17.8 Å². The maximum atomic E-state index is 12.7. The van der Waals surface area contributed by atoms with E-state index in [2.05, 4.69) is 14.8 Å². The van der Waals surface area contributed by atoms with E-state index in [4.69, 9.17) is 14.5 Å². The van der Waals surface area contributed by atoms with Gasteiger partial charge < -0.3 is 19.4 Å². The number of carbonyl (C=O) groups is 1. The van der Waals surface area contributed by atoms with E-state index in [0.717, 1.165) is 61.8 Å². The average molecular weight is 406 g/mol. The minimum absolute atomic E-state index is 0.196. The van der Waals surface area contributed by atoms with E-state index in [-0.39, 0.29) is 5.91 Å². The van der Waals surface area contributed by atoms with Gasteiger partial charge in [0.05, 0.1) is 36.4 Å². The fourth-order valence-corrected chi connectivity index (χ4v) is 4.41. The molecule has 1 aromatic heterocycles. The van der Waals surface area contributed by atoms with E-state index >= 15 is 0 Å². The molecule has 0 radical (unpaired) electrons. The maximum Gasteiger partial charge on any atom is 0.259 e. The van der Waals surface area contributed by atoms with Crippen LogP contribution in [0.25, 0.3) is 11.0 Å². The van der Waals surface area contributed by atoms with Gasteiger partial charge in [0.1, 0.15) is 11.6 Å². The zero-order valence-corrected chi connectivity index (χ0v) is 17.1. The number of carbonyl (C=O) groups excluding carboxylic acids is 1. The third kappa shape index (κ3) is 3.66. The first-order valence-electron chi connectivity index (χ1n) is 10.5. The van der Waals surface area contributed by atoms with E-state index in [1.165, 1.54) is 6.42 Å². The summed E-state index contributed by atoms with van der Waals surface area (Å²) in [4.78, 5) is 20.0. The number of benzene rings is 2. The molecule has 0 saturated carbocycles. The number of ether oxygens (including phenoxy) is 2. The highest BCUT2D eigenvalue weighted by atomic mass is 16.5. The van der Waals surface area contributed by atoms with Gasteiger partial charge in [0.25, 0.3) is 5.91 Å². The van der Waals surface area contributed by atoms with Crippen molar-refractivity contribution in [2.75, 3.05) is 32.1 Å². The van der Waals surface area contributed by atoms with E-state index in [9.17, 15) is 4.79 Å². The molecule has 1 N–H and O–H groups in total. The zero-order valence-electron chi connectivity index (χ0n) is 17.1. The van der Waals surface area contributed by atoms with Crippen LogP contribution in [0.4, 0.5) is 5.69 Å². The Labute approximate surface area is 175 Å². The van der Waals surface area contributed by atoms with Gasteiger partial charge in [0.15, 0.2) is 0 Å². The highest BCUT2D eigenvalue weighted by Gasteiger charge is 2.24. The van der Waals surface area contributed by atoms with Gasteiger partial charge >= 0.3 is 0 Å². The monoisotopic (exact) mass is 406 g/mol. The molecule has 5 rings (SSSR count). The molecule has 2 aliphatic rings. The molecule has 1 atom stereocenters. The second-order valence-corrected chi connectivity index (χ2v) is 7.91. The second-order valence-electron chi connectivity index (χ2n) is 7.91. The summed E-state index contributed by atoms with van der Waals surface area (Å²) < 4.78 is 13.4. The Bertz CT molecular complexity index is 1070. The summed E-state index contributed by atoms with van der Waals surface area (Å²) in [5.74, 6) is 1.43. The Morgan fingerprint density at radius 3 is 3.00 bits per heavy atom. The predicted octanol–water partition coefficient (Wildman–Crippen LogP) is 3.29. The number of methoxy groups -OCH3 is 1. The van der Waals surface area contributed by atoms with Crippen molar-refractivity contribution in [3.05, 3.63) is 53.9 Å². The van der Waals surface area contributed by atoms with Crippen LogP contribution in [0.5, 0.6) is 5.75 Å². The number of amides is 1. The zero-order chi connectivity index (χ0) is 20.5. The third-order valence-corrected chi connectivity index (χ3v) is 5.93. The average Bonchev–Trinajstić information content (AvgIpc) is 3.40. The summed E-state index contributed by atoms with van der Waals surface area (Å²) in [6.07, 6.45) is 2.68. The molecule has 1 saturated heterocycles. The van der Waals surface area contributed by atoms with E-state index in [0.29, 0.717) is 17.4 Å². The molecule has 156 valence electrons. The fourth-order valence-electron chi connectivity index (χ4n) is 4.41. The van der Waals surface area contributed by atoms with Crippen LogP contribution >= 0.6 is 0 Å². The number of hydrogen-bond donors (Lipinski definition) is 1. The van der Waals surface area contributed by atoms with Crippen molar-refractivity contribution in [3.8, 4) is 5.75 Å². The largest absolute Gasteiger partial charge is 0.496 e. The molecule has 3 heterocycles. The van der Waals surface area contributed by atoms with Crippen LogP contribution in [0.3, 0.4) is 0 Å². The van der Waals surface area contributed by atoms with Crippen molar-refractivity contribution in [1.29, 1.82) is 0 Å². The van der Waals surface area contributed by atoms with Crippen LogP contribution in [0, 0.1) is 0 Å². The molecule has 2 aromatic carbocycles. The summed E-state index contributed by atoms with van der Waals surface area (Å²) >= 11 is 0. The van der Waals surface area contributed by atoms with Crippen LogP contribution in [0.2, 0.25) is 0 Å². The summed E-state index contributed by atoms with van der Waals surface area (Å²) in [7, 11) is 1.57. The van der Waals surface area contributed by atoms with Crippen molar-refractivity contribution < 1.29 is 14.3 Å². The fraction of sp³-hybridized carbons (Fsp3) is 0.391. The molecule has 1 amide bonds. The molecule has 3 aromatic rings. The smallest absolute Gasteiger partial charge is 0.259 e. The van der Waals surface area contributed by atoms with Crippen LogP contribution < -0.4 is 10.1 Å². The van der Waals surface area contributed by atoms with Gasteiger partial charge in [-0.3, -0.25) is 9.69 Å². The van der Waals surface area contributed by atoms with E-state index in [1.54, 1.807) is 19.2 Å². The lowest BCUT2D eigenvalue weighted by molar-refractivity contribution is 0.0636. The number of anilines is 1. The first kappa shape index (κ1) is 19.1. The summed E-state index contributed by atoms with van der Waals surface area (Å²) in [5, 5.41) is 2.97. The number of nitrogens with zero attached hydrogens (tertiary/aromatic N) is 3. The van der Waals surface area contributed by atoms with Crippen molar-refractivity contribution in [1.82, 2.24) is 14.5 Å². The predicted molar refractivity (Wildman–Crippen MR) is 115 cm³/mol. The maximum absolute atomic E-state index is 12.7. The number of fused-ring (bicyclic) bond motifs is 3. The molecule has 2 aliphatic heterocycles. The van der Waals surface area contributed by atoms with Gasteiger partial charge in [-0.15, -0.1) is 0 Å². The highest BCUT2D eigenvalue weighted by Crippen LogP contribution is 2.26. The molecular weight excluding hydrogens is 380 g/mol. The number of aromatic nitrogens is 2. The lowest BCUT2D eigenvalue weighted by Gasteiger charge is -2.29. The van der Waals surface area contributed by atoms with Gasteiger partial charge in [-0.2, -0.15) is 0 Å². The Kier molecular flexibility index (Phi) is 5.14. The van der Waals surface area contributed by atoms with Gasteiger partial charge in [0.2, 0.25) is 0 Å². The molecule has 0 spiro atoms. The first-order chi connectivity index (χ1) is 14.7. The van der Waals surface area contributed by atoms with Crippen LogP contribution in [0.15, 0.2) is 42.5 Å². The molecule has 0 bridgehead atoms. The molecular formula is C23H26N4O3. The van der Waals surface area contributed by atoms with Crippen LogP contribution in [0.1, 0.15) is 29.0 Å². The second kappa shape index (κ2) is 8.08. The lowest BCUT2D eigenvalue weighted by atomic mass is 10.2. The van der Waals surface area contributed by atoms with E-state index in [1.807, 2.05) is 30.3 Å². The first-order valence-corrected chi connectivity index (χ1v) is 10.5. The summed E-state index contributed by atoms with van der Waals surface area (Å²) in [6.45, 7) is 4.62. The molecule has 7 heteroatoms. The Balaban J connectivity index is 1.34. The van der Waals surface area contributed by atoms with Gasteiger partial charge in [0, 0.05) is 31.9 Å². The van der Waals surface area contributed by atoms with Crippen molar-refractivity contribution in [2.24, 2.45) is 0 Å². The molecule has 1 unspecified atom stereocenters. The number of hydrogen-bond acceptors (Lipinski definition) is 5. The SMILES string of the molecule is COc1ccccc1C(=O)Nc1ccc2c(c1)nc1n2CCN(CC2CCCO2)C1.